The molecule has 1 atom stereocenters. The van der Waals surface area contributed by atoms with Gasteiger partial charge in [0.15, 0.2) is 0 Å². The molecule has 5 heteroatoms. The Balaban J connectivity index is 1.35. The summed E-state index contributed by atoms with van der Waals surface area (Å²) in [7, 11) is 0. The third-order valence-electron chi connectivity index (χ3n) is 6.91. The number of ether oxygens (including phenoxy) is 1. The van der Waals surface area contributed by atoms with Crippen LogP contribution in [0.4, 0.5) is 5.69 Å². The summed E-state index contributed by atoms with van der Waals surface area (Å²) in [5, 5.41) is 0. The van der Waals surface area contributed by atoms with Crippen molar-refractivity contribution in [3.8, 4) is 5.75 Å². The fourth-order valence-electron chi connectivity index (χ4n) is 4.96. The largest absolute Gasteiger partial charge is 0.491 e. The lowest BCUT2D eigenvalue weighted by molar-refractivity contribution is -0.117. The topological polar surface area (TPSA) is 47.4 Å². The van der Waals surface area contributed by atoms with E-state index in [4.69, 9.17) is 9.72 Å². The second-order valence-corrected chi connectivity index (χ2v) is 9.40. The summed E-state index contributed by atoms with van der Waals surface area (Å²) in [6, 6.07) is 24.8. The Labute approximate surface area is 207 Å². The summed E-state index contributed by atoms with van der Waals surface area (Å²) in [5.41, 5.74) is 5.48. The number of nitrogens with zero attached hydrogens (tertiary/aromatic N) is 3. The van der Waals surface area contributed by atoms with Crippen LogP contribution in [0.15, 0.2) is 72.8 Å². The summed E-state index contributed by atoms with van der Waals surface area (Å²) in [6.45, 7) is 6.14. The first-order chi connectivity index (χ1) is 17.1. The summed E-state index contributed by atoms with van der Waals surface area (Å²) in [4.78, 5) is 19.9. The smallest absolute Gasteiger partial charge is 0.227 e. The number of carbonyl (C=O) groups excluding carboxylic acids is 1. The second kappa shape index (κ2) is 10.3. The van der Waals surface area contributed by atoms with Crippen molar-refractivity contribution < 1.29 is 9.53 Å². The van der Waals surface area contributed by atoms with Crippen molar-refractivity contribution in [2.24, 2.45) is 0 Å². The van der Waals surface area contributed by atoms with E-state index in [0.717, 1.165) is 40.3 Å². The van der Waals surface area contributed by atoms with Crippen LogP contribution < -0.4 is 9.64 Å². The number of aryl methyl sites for hydroxylation is 2. The number of rotatable bonds is 9. The molecule has 1 saturated heterocycles. The van der Waals surface area contributed by atoms with E-state index in [1.54, 1.807) is 0 Å². The van der Waals surface area contributed by atoms with E-state index in [-0.39, 0.29) is 11.8 Å². The number of benzene rings is 3. The van der Waals surface area contributed by atoms with Crippen LogP contribution in [0, 0.1) is 6.92 Å². The van der Waals surface area contributed by atoms with E-state index >= 15 is 0 Å². The number of carbonyl (C=O) groups is 1. The maximum atomic E-state index is 13.0. The van der Waals surface area contributed by atoms with Gasteiger partial charge in [-0.1, -0.05) is 55.8 Å². The van der Waals surface area contributed by atoms with Crippen molar-refractivity contribution in [1.82, 2.24) is 9.55 Å². The van der Waals surface area contributed by atoms with Crippen LogP contribution in [0.2, 0.25) is 0 Å². The van der Waals surface area contributed by atoms with Crippen LogP contribution in [0.25, 0.3) is 11.0 Å². The zero-order chi connectivity index (χ0) is 24.2. The van der Waals surface area contributed by atoms with Gasteiger partial charge in [-0.05, 0) is 61.2 Å². The van der Waals surface area contributed by atoms with Crippen molar-refractivity contribution in [3.05, 3.63) is 89.7 Å². The van der Waals surface area contributed by atoms with Gasteiger partial charge in [-0.3, -0.25) is 4.79 Å². The van der Waals surface area contributed by atoms with E-state index < -0.39 is 0 Å². The normalized spacial score (nSPS) is 15.8. The number of imidazole rings is 1. The maximum Gasteiger partial charge on any atom is 0.227 e. The van der Waals surface area contributed by atoms with Gasteiger partial charge in [0.1, 0.15) is 18.2 Å². The number of fused-ring (bicyclic) bond motifs is 1. The van der Waals surface area contributed by atoms with Crippen molar-refractivity contribution in [2.45, 2.75) is 52.0 Å². The molecule has 2 heterocycles. The van der Waals surface area contributed by atoms with Gasteiger partial charge < -0.3 is 14.2 Å². The highest BCUT2D eigenvalue weighted by atomic mass is 16.5. The summed E-state index contributed by atoms with van der Waals surface area (Å²) in [6.07, 6.45) is 3.93. The molecule has 0 aliphatic carbocycles. The molecule has 3 aromatic carbocycles. The molecule has 1 unspecified atom stereocenters. The number of anilines is 1. The molecule has 1 amide bonds. The van der Waals surface area contributed by atoms with E-state index in [1.807, 2.05) is 41.3 Å². The van der Waals surface area contributed by atoms with Crippen molar-refractivity contribution in [3.63, 3.8) is 0 Å². The Morgan fingerprint density at radius 2 is 1.77 bits per heavy atom. The number of hydrogen-bond acceptors (Lipinski definition) is 3. The predicted molar refractivity (Wildman–Crippen MR) is 141 cm³/mol. The number of para-hydroxylation sites is 3. The number of unbranched alkanes of at least 4 members (excludes halogenated alkanes) is 1. The molecule has 0 N–H and O–H groups in total. The molecule has 180 valence electrons. The summed E-state index contributed by atoms with van der Waals surface area (Å²) < 4.78 is 8.34. The van der Waals surface area contributed by atoms with Gasteiger partial charge >= 0.3 is 0 Å². The Morgan fingerprint density at radius 3 is 2.57 bits per heavy atom. The number of hydrogen-bond donors (Lipinski definition) is 0. The highest BCUT2D eigenvalue weighted by Gasteiger charge is 2.34. The SMILES string of the molecule is CCCCc1ccc(N2CC(c3nc4ccccc4n3CCOc3ccccc3C)CC2=O)cc1. The highest BCUT2D eigenvalue weighted by molar-refractivity contribution is 5.96. The second-order valence-electron chi connectivity index (χ2n) is 9.40. The molecular formula is C30H33N3O2. The Bertz CT molecular complexity index is 1310. The molecule has 5 nitrogen and oxygen atoms in total. The monoisotopic (exact) mass is 467 g/mol. The average Bonchev–Trinajstić information content (AvgIpc) is 3.45. The molecule has 0 saturated carbocycles. The van der Waals surface area contributed by atoms with Crippen molar-refractivity contribution in [1.29, 1.82) is 0 Å². The molecule has 1 aliphatic rings. The fourth-order valence-corrected chi connectivity index (χ4v) is 4.96. The van der Waals surface area contributed by atoms with Gasteiger partial charge in [-0.25, -0.2) is 4.98 Å². The third kappa shape index (κ3) is 4.95. The fraction of sp³-hybridized carbons (Fsp3) is 0.333. The molecule has 1 fully saturated rings. The lowest BCUT2D eigenvalue weighted by Gasteiger charge is -2.18. The molecule has 1 aliphatic heterocycles. The zero-order valence-corrected chi connectivity index (χ0v) is 20.6. The first kappa shape index (κ1) is 23.2. The van der Waals surface area contributed by atoms with Crippen LogP contribution >= 0.6 is 0 Å². The summed E-state index contributed by atoms with van der Waals surface area (Å²) >= 11 is 0. The molecule has 4 aromatic rings. The molecule has 0 spiro atoms. The molecular weight excluding hydrogens is 434 g/mol. The van der Waals surface area contributed by atoms with Crippen molar-refractivity contribution >= 4 is 22.6 Å². The molecule has 35 heavy (non-hydrogen) atoms. The van der Waals surface area contributed by atoms with Crippen molar-refractivity contribution in [2.75, 3.05) is 18.1 Å². The van der Waals surface area contributed by atoms with Crippen LogP contribution in [-0.2, 0) is 17.8 Å². The van der Waals surface area contributed by atoms with Crippen LogP contribution in [0.1, 0.15) is 49.1 Å². The Morgan fingerprint density at radius 1 is 1.00 bits per heavy atom. The van der Waals surface area contributed by atoms with Gasteiger partial charge in [0, 0.05) is 24.6 Å². The first-order valence-corrected chi connectivity index (χ1v) is 12.7. The van der Waals surface area contributed by atoms with E-state index in [0.29, 0.717) is 26.1 Å². The molecule has 0 radical (unpaired) electrons. The predicted octanol–water partition coefficient (Wildman–Crippen LogP) is 6.29. The maximum absolute atomic E-state index is 13.0. The highest BCUT2D eigenvalue weighted by Crippen LogP contribution is 2.33. The van der Waals surface area contributed by atoms with Gasteiger partial charge in [0.05, 0.1) is 17.6 Å². The van der Waals surface area contributed by atoms with Crippen LogP contribution in [0.3, 0.4) is 0 Å². The van der Waals surface area contributed by atoms with Crippen LogP contribution in [0.5, 0.6) is 5.75 Å². The Kier molecular flexibility index (Phi) is 6.84. The minimum Gasteiger partial charge on any atom is -0.491 e. The zero-order valence-electron chi connectivity index (χ0n) is 20.6. The van der Waals surface area contributed by atoms with Gasteiger partial charge in [-0.2, -0.15) is 0 Å². The van der Waals surface area contributed by atoms with Crippen LogP contribution in [-0.4, -0.2) is 28.6 Å². The average molecular weight is 468 g/mol. The quantitative estimate of drug-likeness (QED) is 0.291. The summed E-state index contributed by atoms with van der Waals surface area (Å²) in [5.74, 6) is 2.08. The van der Waals surface area contributed by atoms with E-state index in [1.165, 1.54) is 18.4 Å². The molecule has 0 bridgehead atoms. The Hall–Kier alpha value is -3.60. The van der Waals surface area contributed by atoms with Gasteiger partial charge in [0.2, 0.25) is 5.91 Å². The third-order valence-corrected chi connectivity index (χ3v) is 6.91. The minimum absolute atomic E-state index is 0.0492. The number of aromatic nitrogens is 2. The lowest BCUT2D eigenvalue weighted by atomic mass is 10.1. The molecule has 1 aromatic heterocycles. The first-order valence-electron chi connectivity index (χ1n) is 12.7. The van der Waals surface area contributed by atoms with E-state index in [9.17, 15) is 4.79 Å². The minimum atomic E-state index is 0.0492. The lowest BCUT2D eigenvalue weighted by Crippen LogP contribution is -2.24. The standard InChI is InChI=1S/C30H33N3O2/c1-3-4-10-23-14-16-25(17-15-23)33-21-24(20-29(33)34)30-31-26-11-6-7-12-27(26)32(30)18-19-35-28-13-8-5-9-22(28)2/h5-9,11-17,24H,3-4,10,18-21H2,1-2H3. The van der Waals surface area contributed by atoms with Gasteiger partial charge in [0.25, 0.3) is 0 Å². The van der Waals surface area contributed by atoms with Gasteiger partial charge in [-0.15, -0.1) is 0 Å². The number of amides is 1. The molecule has 5 rings (SSSR count). The van der Waals surface area contributed by atoms with E-state index in [2.05, 4.69) is 54.8 Å².